The topological polar surface area (TPSA) is 79.3 Å². The number of hydrogen-bond donors (Lipinski definition) is 2. The van der Waals surface area contributed by atoms with Crippen molar-refractivity contribution in [3.05, 3.63) is 31.9 Å². The Kier molecular flexibility index (Phi) is 4.60. The Bertz CT molecular complexity index is 703. The van der Waals surface area contributed by atoms with Gasteiger partial charge < -0.3 is 5.11 Å². The number of aromatic nitrogens is 1. The summed E-state index contributed by atoms with van der Waals surface area (Å²) in [5.41, 5.74) is 0.880. The SMILES string of the molecule is Cc1csc(C(C)NS(=O)(=O)c2cc(CO)sc2C)n1. The zero-order valence-electron chi connectivity index (χ0n) is 11.4. The van der Waals surface area contributed by atoms with Crippen molar-refractivity contribution in [3.63, 3.8) is 0 Å². The molecule has 2 aromatic heterocycles. The summed E-state index contributed by atoms with van der Waals surface area (Å²) < 4.78 is 27.4. The molecule has 0 bridgehead atoms. The van der Waals surface area contributed by atoms with Gasteiger partial charge in [0, 0.05) is 20.8 Å². The molecule has 2 aromatic rings. The summed E-state index contributed by atoms with van der Waals surface area (Å²) in [7, 11) is -3.60. The lowest BCUT2D eigenvalue weighted by Crippen LogP contribution is -2.27. The van der Waals surface area contributed by atoms with Gasteiger partial charge in [-0.3, -0.25) is 0 Å². The van der Waals surface area contributed by atoms with Gasteiger partial charge in [0.2, 0.25) is 10.0 Å². The smallest absolute Gasteiger partial charge is 0.242 e. The number of nitrogens with one attached hydrogen (secondary N) is 1. The molecule has 0 amide bonds. The van der Waals surface area contributed by atoms with E-state index in [4.69, 9.17) is 5.11 Å². The molecule has 0 aromatic carbocycles. The van der Waals surface area contributed by atoms with Crippen molar-refractivity contribution in [1.82, 2.24) is 9.71 Å². The van der Waals surface area contributed by atoms with Crippen molar-refractivity contribution in [2.24, 2.45) is 0 Å². The molecule has 2 N–H and O–H groups in total. The molecule has 5 nitrogen and oxygen atoms in total. The number of thiazole rings is 1. The second kappa shape index (κ2) is 5.90. The summed E-state index contributed by atoms with van der Waals surface area (Å²) >= 11 is 2.72. The molecule has 0 spiro atoms. The first-order valence-electron chi connectivity index (χ1n) is 5.98. The van der Waals surface area contributed by atoms with E-state index in [0.717, 1.165) is 10.7 Å². The summed E-state index contributed by atoms with van der Waals surface area (Å²) in [6.45, 7) is 5.22. The van der Waals surface area contributed by atoms with Crippen molar-refractivity contribution in [2.45, 2.75) is 38.3 Å². The average Bonchev–Trinajstić information content (AvgIpc) is 2.95. The van der Waals surface area contributed by atoms with Crippen LogP contribution in [-0.2, 0) is 16.6 Å². The summed E-state index contributed by atoms with van der Waals surface area (Å²) in [5.74, 6) is 0. The third-order valence-electron chi connectivity index (χ3n) is 2.71. The molecule has 0 radical (unpaired) electrons. The van der Waals surface area contributed by atoms with E-state index in [1.807, 2.05) is 12.3 Å². The van der Waals surface area contributed by atoms with Gasteiger partial charge in [-0.1, -0.05) is 0 Å². The third kappa shape index (κ3) is 3.26. The Morgan fingerprint density at radius 3 is 2.65 bits per heavy atom. The molecular weight excluding hydrogens is 316 g/mol. The lowest BCUT2D eigenvalue weighted by Gasteiger charge is -2.11. The summed E-state index contributed by atoms with van der Waals surface area (Å²) in [6.07, 6.45) is 0. The molecule has 110 valence electrons. The van der Waals surface area contributed by atoms with Gasteiger partial charge in [-0.15, -0.1) is 22.7 Å². The van der Waals surface area contributed by atoms with Crippen molar-refractivity contribution >= 4 is 32.7 Å². The van der Waals surface area contributed by atoms with Crippen LogP contribution in [0.1, 0.15) is 33.4 Å². The van der Waals surface area contributed by atoms with Gasteiger partial charge in [0.1, 0.15) is 5.01 Å². The minimum atomic E-state index is -3.60. The first-order valence-corrected chi connectivity index (χ1v) is 9.16. The summed E-state index contributed by atoms with van der Waals surface area (Å²) in [4.78, 5) is 5.82. The lowest BCUT2D eigenvalue weighted by atomic mass is 10.4. The van der Waals surface area contributed by atoms with Gasteiger partial charge >= 0.3 is 0 Å². The molecule has 8 heteroatoms. The molecule has 1 atom stereocenters. The molecule has 2 heterocycles. The molecule has 0 aliphatic carbocycles. The molecule has 1 unspecified atom stereocenters. The van der Waals surface area contributed by atoms with Gasteiger partial charge in [0.05, 0.1) is 17.5 Å². The highest BCUT2D eigenvalue weighted by molar-refractivity contribution is 7.89. The fourth-order valence-electron chi connectivity index (χ4n) is 1.79. The van der Waals surface area contributed by atoms with Gasteiger partial charge in [-0.2, -0.15) is 0 Å². The Morgan fingerprint density at radius 2 is 2.15 bits per heavy atom. The van der Waals surface area contributed by atoms with Crippen LogP contribution in [0.15, 0.2) is 16.3 Å². The van der Waals surface area contributed by atoms with Crippen LogP contribution in [0.2, 0.25) is 0 Å². The Balaban J connectivity index is 2.24. The zero-order valence-corrected chi connectivity index (χ0v) is 13.8. The van der Waals surface area contributed by atoms with E-state index >= 15 is 0 Å². The van der Waals surface area contributed by atoms with Crippen LogP contribution in [0.3, 0.4) is 0 Å². The lowest BCUT2D eigenvalue weighted by molar-refractivity contribution is 0.285. The Morgan fingerprint density at radius 1 is 1.45 bits per heavy atom. The molecule has 20 heavy (non-hydrogen) atoms. The fraction of sp³-hybridized carbons (Fsp3) is 0.417. The van der Waals surface area contributed by atoms with Crippen molar-refractivity contribution in [1.29, 1.82) is 0 Å². The number of nitrogens with zero attached hydrogens (tertiary/aromatic N) is 1. The van der Waals surface area contributed by atoms with Crippen LogP contribution < -0.4 is 4.72 Å². The van der Waals surface area contributed by atoms with E-state index in [1.165, 1.54) is 28.7 Å². The second-order valence-corrected chi connectivity index (χ2v) is 8.37. The highest BCUT2D eigenvalue weighted by Crippen LogP contribution is 2.27. The van der Waals surface area contributed by atoms with Crippen LogP contribution in [0.4, 0.5) is 0 Å². The molecule has 2 rings (SSSR count). The first-order chi connectivity index (χ1) is 9.33. The Labute approximate surface area is 126 Å². The van der Waals surface area contributed by atoms with Gasteiger partial charge in [-0.25, -0.2) is 18.1 Å². The van der Waals surface area contributed by atoms with E-state index in [1.54, 1.807) is 13.8 Å². The minimum Gasteiger partial charge on any atom is -0.391 e. The predicted octanol–water partition coefficient (Wildman–Crippen LogP) is 2.35. The number of sulfonamides is 1. The minimum absolute atomic E-state index is 0.151. The third-order valence-corrected chi connectivity index (χ3v) is 6.68. The zero-order chi connectivity index (χ0) is 14.9. The van der Waals surface area contributed by atoms with E-state index in [2.05, 4.69) is 9.71 Å². The van der Waals surface area contributed by atoms with Gasteiger partial charge in [0.15, 0.2) is 0 Å². The van der Waals surface area contributed by atoms with Crippen molar-refractivity contribution < 1.29 is 13.5 Å². The summed E-state index contributed by atoms with van der Waals surface area (Å²) in [5, 5.41) is 11.7. The number of thiophene rings is 1. The fourth-order valence-corrected chi connectivity index (χ4v) is 5.37. The maximum atomic E-state index is 12.4. The Hall–Kier alpha value is -0.800. The number of aryl methyl sites for hydroxylation is 2. The molecular formula is C12H16N2O3S3. The predicted molar refractivity (Wildman–Crippen MR) is 80.6 cm³/mol. The highest BCUT2D eigenvalue weighted by Gasteiger charge is 2.23. The van der Waals surface area contributed by atoms with Crippen molar-refractivity contribution in [3.8, 4) is 0 Å². The number of aliphatic hydroxyl groups excluding tert-OH is 1. The monoisotopic (exact) mass is 332 g/mol. The standard InChI is InChI=1S/C12H16N2O3S3/c1-7-6-18-12(13-7)8(2)14-20(16,17)11-4-10(5-15)19-9(11)3/h4,6,8,14-15H,5H2,1-3H3. The molecule has 0 saturated carbocycles. The maximum Gasteiger partial charge on any atom is 0.242 e. The molecule has 0 aliphatic rings. The van der Waals surface area contributed by atoms with Crippen LogP contribution in [-0.4, -0.2) is 18.5 Å². The molecule has 0 saturated heterocycles. The van der Waals surface area contributed by atoms with E-state index in [0.29, 0.717) is 9.75 Å². The van der Waals surface area contributed by atoms with E-state index in [9.17, 15) is 8.42 Å². The quantitative estimate of drug-likeness (QED) is 0.881. The number of aliphatic hydroxyl groups is 1. The maximum absolute atomic E-state index is 12.4. The normalized spacial score (nSPS) is 13.6. The van der Waals surface area contributed by atoms with E-state index < -0.39 is 10.0 Å². The van der Waals surface area contributed by atoms with Crippen LogP contribution in [0, 0.1) is 13.8 Å². The average molecular weight is 332 g/mol. The van der Waals surface area contributed by atoms with Gasteiger partial charge in [0.25, 0.3) is 0 Å². The first kappa shape index (κ1) is 15.6. The van der Waals surface area contributed by atoms with Crippen LogP contribution in [0.5, 0.6) is 0 Å². The number of rotatable bonds is 5. The molecule has 0 aliphatic heterocycles. The van der Waals surface area contributed by atoms with Crippen molar-refractivity contribution in [2.75, 3.05) is 0 Å². The van der Waals surface area contributed by atoms with Gasteiger partial charge in [-0.05, 0) is 26.8 Å². The largest absolute Gasteiger partial charge is 0.391 e. The second-order valence-electron chi connectivity index (χ2n) is 4.46. The van der Waals surface area contributed by atoms with Crippen LogP contribution >= 0.6 is 22.7 Å². The molecule has 0 fully saturated rings. The van der Waals surface area contributed by atoms with E-state index in [-0.39, 0.29) is 17.5 Å². The van der Waals surface area contributed by atoms with Crippen LogP contribution in [0.25, 0.3) is 0 Å². The summed E-state index contributed by atoms with van der Waals surface area (Å²) in [6, 6.07) is 1.14. The highest BCUT2D eigenvalue weighted by atomic mass is 32.2. The number of hydrogen-bond acceptors (Lipinski definition) is 6.